The first-order valence-corrected chi connectivity index (χ1v) is 6.96. The average Bonchev–Trinajstić information content (AvgIpc) is 2.28. The smallest absolute Gasteiger partial charge is 0.248 e. The second-order valence-corrected chi connectivity index (χ2v) is 6.21. The van der Waals surface area contributed by atoms with E-state index in [0.717, 1.165) is 10.9 Å². The molecule has 4 nitrogen and oxygen atoms in total. The van der Waals surface area contributed by atoms with E-state index in [9.17, 15) is 13.2 Å². The number of aromatic nitrogens is 1. The standard InChI is InChI=1S/C12H13NO3S/c1-3-17(15,16)9-4-5-11-10(7-9)8(2)6-12(14)13-11/h4-7H,3H2,1-2H3,(H,13,14). The van der Waals surface area contributed by atoms with Gasteiger partial charge in [0.25, 0.3) is 0 Å². The summed E-state index contributed by atoms with van der Waals surface area (Å²) in [6, 6.07) is 6.23. The first-order valence-electron chi connectivity index (χ1n) is 5.30. The van der Waals surface area contributed by atoms with Gasteiger partial charge in [-0.05, 0) is 30.7 Å². The molecule has 1 N–H and O–H groups in total. The normalized spacial score (nSPS) is 11.9. The summed E-state index contributed by atoms with van der Waals surface area (Å²) in [6.45, 7) is 3.40. The van der Waals surface area contributed by atoms with Gasteiger partial charge in [-0.3, -0.25) is 4.79 Å². The molecule has 0 amide bonds. The van der Waals surface area contributed by atoms with E-state index >= 15 is 0 Å². The van der Waals surface area contributed by atoms with Crippen LogP contribution in [0.1, 0.15) is 12.5 Å². The lowest BCUT2D eigenvalue weighted by molar-refractivity contribution is 0.597. The van der Waals surface area contributed by atoms with Crippen molar-refractivity contribution in [3.8, 4) is 0 Å². The van der Waals surface area contributed by atoms with Gasteiger partial charge in [-0.2, -0.15) is 0 Å². The summed E-state index contributed by atoms with van der Waals surface area (Å²) in [6.07, 6.45) is 0. The molecule has 0 aliphatic heterocycles. The molecular weight excluding hydrogens is 238 g/mol. The monoisotopic (exact) mass is 251 g/mol. The van der Waals surface area contributed by atoms with Gasteiger partial charge >= 0.3 is 0 Å². The SMILES string of the molecule is CCS(=O)(=O)c1ccc2[nH]c(=O)cc(C)c2c1. The van der Waals surface area contributed by atoms with E-state index in [0.29, 0.717) is 10.4 Å². The summed E-state index contributed by atoms with van der Waals surface area (Å²) in [5.74, 6) is 0.0703. The third-order valence-corrected chi connectivity index (χ3v) is 4.49. The molecular formula is C12H13NO3S. The lowest BCUT2D eigenvalue weighted by Gasteiger charge is -2.05. The molecule has 0 saturated heterocycles. The first kappa shape index (κ1) is 11.9. The minimum atomic E-state index is -3.21. The van der Waals surface area contributed by atoms with E-state index in [-0.39, 0.29) is 11.3 Å². The molecule has 0 unspecified atom stereocenters. The largest absolute Gasteiger partial charge is 0.322 e. The van der Waals surface area contributed by atoms with Crippen molar-refractivity contribution < 1.29 is 8.42 Å². The maximum absolute atomic E-state index is 11.8. The summed E-state index contributed by atoms with van der Waals surface area (Å²) < 4.78 is 23.5. The number of hydrogen-bond acceptors (Lipinski definition) is 3. The van der Waals surface area contributed by atoms with Crippen LogP contribution in [0.4, 0.5) is 0 Å². The molecule has 0 spiro atoms. The van der Waals surface area contributed by atoms with Crippen LogP contribution in [0, 0.1) is 6.92 Å². The Morgan fingerprint density at radius 2 is 1.94 bits per heavy atom. The Morgan fingerprint density at radius 3 is 2.59 bits per heavy atom. The van der Waals surface area contributed by atoms with E-state index in [2.05, 4.69) is 4.98 Å². The second-order valence-electron chi connectivity index (χ2n) is 3.93. The first-order chi connectivity index (χ1) is 7.94. The fourth-order valence-corrected chi connectivity index (χ4v) is 2.67. The van der Waals surface area contributed by atoms with Crippen LogP contribution in [-0.4, -0.2) is 19.2 Å². The Balaban J connectivity index is 2.79. The zero-order chi connectivity index (χ0) is 12.6. The molecule has 2 rings (SSSR count). The number of sulfone groups is 1. The van der Waals surface area contributed by atoms with Crippen molar-refractivity contribution in [3.05, 3.63) is 40.2 Å². The maximum atomic E-state index is 11.8. The van der Waals surface area contributed by atoms with Crippen LogP contribution in [-0.2, 0) is 9.84 Å². The highest BCUT2D eigenvalue weighted by Crippen LogP contribution is 2.20. The van der Waals surface area contributed by atoms with Gasteiger partial charge in [-0.25, -0.2) is 8.42 Å². The number of hydrogen-bond donors (Lipinski definition) is 1. The quantitative estimate of drug-likeness (QED) is 0.882. The van der Waals surface area contributed by atoms with Crippen LogP contribution in [0.25, 0.3) is 10.9 Å². The molecule has 0 aliphatic rings. The van der Waals surface area contributed by atoms with Crippen LogP contribution < -0.4 is 5.56 Å². The lowest BCUT2D eigenvalue weighted by Crippen LogP contribution is -2.07. The highest BCUT2D eigenvalue weighted by atomic mass is 32.2. The molecule has 5 heteroatoms. The van der Waals surface area contributed by atoms with E-state index in [1.54, 1.807) is 26.0 Å². The number of rotatable bonds is 2. The van der Waals surface area contributed by atoms with Crippen molar-refractivity contribution >= 4 is 20.7 Å². The number of nitrogens with one attached hydrogen (secondary N) is 1. The molecule has 0 atom stereocenters. The fraction of sp³-hybridized carbons (Fsp3) is 0.250. The maximum Gasteiger partial charge on any atom is 0.248 e. The average molecular weight is 251 g/mol. The number of pyridine rings is 1. The van der Waals surface area contributed by atoms with Gasteiger partial charge in [0.15, 0.2) is 9.84 Å². The summed E-state index contributed by atoms with van der Waals surface area (Å²) in [7, 11) is -3.21. The minimum absolute atomic E-state index is 0.0703. The molecule has 0 saturated carbocycles. The van der Waals surface area contributed by atoms with Crippen molar-refractivity contribution in [2.75, 3.05) is 5.75 Å². The highest BCUT2D eigenvalue weighted by Gasteiger charge is 2.12. The number of benzene rings is 1. The molecule has 1 aromatic heterocycles. The topological polar surface area (TPSA) is 67.0 Å². The molecule has 0 fully saturated rings. The van der Waals surface area contributed by atoms with Crippen LogP contribution in [0.15, 0.2) is 34.0 Å². The van der Waals surface area contributed by atoms with E-state index in [1.165, 1.54) is 12.1 Å². The van der Waals surface area contributed by atoms with Crippen LogP contribution in [0.2, 0.25) is 0 Å². The summed E-state index contributed by atoms with van der Waals surface area (Å²) in [4.78, 5) is 14.2. The predicted octanol–water partition coefficient (Wildman–Crippen LogP) is 1.63. The van der Waals surface area contributed by atoms with E-state index in [1.807, 2.05) is 0 Å². The van der Waals surface area contributed by atoms with Gasteiger partial charge in [0.2, 0.25) is 5.56 Å². The van der Waals surface area contributed by atoms with E-state index < -0.39 is 9.84 Å². The van der Waals surface area contributed by atoms with E-state index in [4.69, 9.17) is 0 Å². The van der Waals surface area contributed by atoms with Gasteiger partial charge < -0.3 is 4.98 Å². The second kappa shape index (κ2) is 4.00. The van der Waals surface area contributed by atoms with Crippen molar-refractivity contribution in [1.29, 1.82) is 0 Å². The van der Waals surface area contributed by atoms with Crippen molar-refractivity contribution in [2.45, 2.75) is 18.7 Å². The Morgan fingerprint density at radius 1 is 1.24 bits per heavy atom. The van der Waals surface area contributed by atoms with Gasteiger partial charge in [-0.15, -0.1) is 0 Å². The molecule has 17 heavy (non-hydrogen) atoms. The number of aryl methyl sites for hydroxylation is 1. The fourth-order valence-electron chi connectivity index (χ4n) is 1.76. The lowest BCUT2D eigenvalue weighted by atomic mass is 10.1. The zero-order valence-corrected chi connectivity index (χ0v) is 10.5. The summed E-state index contributed by atoms with van der Waals surface area (Å²) in [5.41, 5.74) is 1.25. The molecule has 0 bridgehead atoms. The van der Waals surface area contributed by atoms with Gasteiger partial charge in [0.05, 0.1) is 10.6 Å². The predicted molar refractivity (Wildman–Crippen MR) is 67.0 cm³/mol. The Bertz CT molecular complexity index is 729. The van der Waals surface area contributed by atoms with Gasteiger partial charge in [0.1, 0.15) is 0 Å². The van der Waals surface area contributed by atoms with Crippen molar-refractivity contribution in [2.24, 2.45) is 0 Å². The molecule has 2 aromatic rings. The summed E-state index contributed by atoms with van der Waals surface area (Å²) >= 11 is 0. The zero-order valence-electron chi connectivity index (χ0n) is 9.65. The highest BCUT2D eigenvalue weighted by molar-refractivity contribution is 7.91. The van der Waals surface area contributed by atoms with Gasteiger partial charge in [0, 0.05) is 17.0 Å². The molecule has 1 aromatic carbocycles. The van der Waals surface area contributed by atoms with Crippen molar-refractivity contribution in [1.82, 2.24) is 4.98 Å². The third-order valence-electron chi connectivity index (χ3n) is 2.76. The molecule has 1 heterocycles. The van der Waals surface area contributed by atoms with Crippen LogP contribution in [0.5, 0.6) is 0 Å². The Labute approximate surface area is 99.2 Å². The molecule has 90 valence electrons. The summed E-state index contributed by atoms with van der Waals surface area (Å²) in [5, 5.41) is 0.763. The molecule has 0 radical (unpaired) electrons. The third kappa shape index (κ3) is 2.10. The van der Waals surface area contributed by atoms with Gasteiger partial charge in [-0.1, -0.05) is 6.92 Å². The molecule has 0 aliphatic carbocycles. The van der Waals surface area contributed by atoms with Crippen LogP contribution in [0.3, 0.4) is 0 Å². The number of fused-ring (bicyclic) bond motifs is 1. The van der Waals surface area contributed by atoms with Crippen LogP contribution >= 0.6 is 0 Å². The van der Waals surface area contributed by atoms with Crippen molar-refractivity contribution in [3.63, 3.8) is 0 Å². The number of aromatic amines is 1. The minimum Gasteiger partial charge on any atom is -0.322 e. The Kier molecular flexibility index (Phi) is 2.79. The Hall–Kier alpha value is -1.62. The number of H-pyrrole nitrogens is 1.